The third kappa shape index (κ3) is 2.33. The van der Waals surface area contributed by atoms with Gasteiger partial charge in [0.15, 0.2) is 0 Å². The minimum Gasteiger partial charge on any atom is -0.382 e. The van der Waals surface area contributed by atoms with Crippen molar-refractivity contribution >= 4 is 5.69 Å². The summed E-state index contributed by atoms with van der Waals surface area (Å²) in [6.07, 6.45) is 2.70. The second-order valence-electron chi connectivity index (χ2n) is 4.67. The number of benzene rings is 1. The molecule has 1 N–H and O–H groups in total. The fourth-order valence-electron chi connectivity index (χ4n) is 1.81. The van der Waals surface area contributed by atoms with Crippen LogP contribution in [0.1, 0.15) is 24.8 Å². The fraction of sp³-hybridized carbons (Fsp3) is 0.462. The maximum absolute atomic E-state index is 13.5. The average molecular weight is 218 g/mol. The molecule has 1 fully saturated rings. The number of aryl methyl sites for hydroxylation is 1. The number of nitrogens with zero attached hydrogens (tertiary/aromatic N) is 1. The SMILES string of the molecule is Cc1ccc(NCC2(CC#N)CC2)c(F)c1. The molecule has 0 amide bonds. The highest BCUT2D eigenvalue weighted by Crippen LogP contribution is 2.48. The smallest absolute Gasteiger partial charge is 0.146 e. The Morgan fingerprint density at radius 2 is 2.25 bits per heavy atom. The Kier molecular flexibility index (Phi) is 2.82. The summed E-state index contributed by atoms with van der Waals surface area (Å²) in [5, 5.41) is 11.8. The van der Waals surface area contributed by atoms with E-state index >= 15 is 0 Å². The van der Waals surface area contributed by atoms with Gasteiger partial charge in [0, 0.05) is 18.4 Å². The first-order chi connectivity index (χ1) is 7.65. The molecule has 0 spiro atoms. The molecule has 0 aromatic heterocycles. The maximum atomic E-state index is 13.5. The van der Waals surface area contributed by atoms with Gasteiger partial charge in [0.05, 0.1) is 11.8 Å². The molecule has 0 radical (unpaired) electrons. The highest BCUT2D eigenvalue weighted by atomic mass is 19.1. The molecule has 1 aliphatic rings. The average Bonchev–Trinajstić information content (AvgIpc) is 2.98. The van der Waals surface area contributed by atoms with Crippen LogP contribution in [-0.2, 0) is 0 Å². The van der Waals surface area contributed by atoms with Crippen molar-refractivity contribution in [3.05, 3.63) is 29.6 Å². The number of anilines is 1. The lowest BCUT2D eigenvalue weighted by molar-refractivity contribution is 0.553. The first-order valence-electron chi connectivity index (χ1n) is 5.52. The zero-order valence-electron chi connectivity index (χ0n) is 9.39. The van der Waals surface area contributed by atoms with Gasteiger partial charge >= 0.3 is 0 Å². The van der Waals surface area contributed by atoms with E-state index in [-0.39, 0.29) is 11.2 Å². The van der Waals surface area contributed by atoms with Crippen molar-refractivity contribution in [2.24, 2.45) is 5.41 Å². The molecule has 0 unspecified atom stereocenters. The van der Waals surface area contributed by atoms with Gasteiger partial charge in [-0.3, -0.25) is 0 Å². The predicted octanol–water partition coefficient (Wildman–Crippen LogP) is 3.24. The highest BCUT2D eigenvalue weighted by Gasteiger charge is 2.42. The molecule has 0 bridgehead atoms. The first kappa shape index (κ1) is 10.9. The van der Waals surface area contributed by atoms with Crippen molar-refractivity contribution in [1.82, 2.24) is 0 Å². The molecular weight excluding hydrogens is 203 g/mol. The van der Waals surface area contributed by atoms with Crippen LogP contribution in [0.2, 0.25) is 0 Å². The highest BCUT2D eigenvalue weighted by molar-refractivity contribution is 5.46. The molecule has 3 heteroatoms. The third-order valence-electron chi connectivity index (χ3n) is 3.19. The lowest BCUT2D eigenvalue weighted by Gasteiger charge is -2.14. The van der Waals surface area contributed by atoms with Gasteiger partial charge < -0.3 is 5.32 Å². The third-order valence-corrected chi connectivity index (χ3v) is 3.19. The summed E-state index contributed by atoms with van der Waals surface area (Å²) in [7, 11) is 0. The van der Waals surface area contributed by atoms with Crippen LogP contribution in [0.25, 0.3) is 0 Å². The van der Waals surface area contributed by atoms with Gasteiger partial charge in [-0.05, 0) is 37.5 Å². The normalized spacial score (nSPS) is 16.6. The molecule has 1 aromatic rings. The molecule has 0 saturated heterocycles. The maximum Gasteiger partial charge on any atom is 0.146 e. The Bertz CT molecular complexity index is 430. The van der Waals surface area contributed by atoms with Crippen molar-refractivity contribution < 1.29 is 4.39 Å². The molecule has 16 heavy (non-hydrogen) atoms. The lowest BCUT2D eigenvalue weighted by Crippen LogP contribution is -2.15. The van der Waals surface area contributed by atoms with E-state index in [0.29, 0.717) is 18.7 Å². The van der Waals surface area contributed by atoms with Gasteiger partial charge in [-0.25, -0.2) is 4.39 Å². The van der Waals surface area contributed by atoms with Crippen LogP contribution in [-0.4, -0.2) is 6.54 Å². The number of hydrogen-bond donors (Lipinski definition) is 1. The van der Waals surface area contributed by atoms with E-state index < -0.39 is 0 Å². The summed E-state index contributed by atoms with van der Waals surface area (Å²) in [5.74, 6) is -0.215. The minimum atomic E-state index is -0.215. The Morgan fingerprint density at radius 3 is 2.81 bits per heavy atom. The van der Waals surface area contributed by atoms with Crippen molar-refractivity contribution in [2.75, 3.05) is 11.9 Å². The van der Waals surface area contributed by atoms with Crippen molar-refractivity contribution in [2.45, 2.75) is 26.2 Å². The monoisotopic (exact) mass is 218 g/mol. The molecule has 0 atom stereocenters. The summed E-state index contributed by atoms with van der Waals surface area (Å²) in [5.41, 5.74) is 1.56. The number of nitriles is 1. The number of rotatable bonds is 4. The minimum absolute atomic E-state index is 0.103. The van der Waals surface area contributed by atoms with Gasteiger partial charge in [0.2, 0.25) is 0 Å². The molecule has 2 rings (SSSR count). The zero-order valence-corrected chi connectivity index (χ0v) is 9.39. The summed E-state index contributed by atoms with van der Waals surface area (Å²) < 4.78 is 13.5. The first-order valence-corrected chi connectivity index (χ1v) is 5.52. The van der Waals surface area contributed by atoms with E-state index in [1.165, 1.54) is 6.07 Å². The Morgan fingerprint density at radius 1 is 1.50 bits per heavy atom. The summed E-state index contributed by atoms with van der Waals surface area (Å²) in [6, 6.07) is 7.36. The standard InChI is InChI=1S/C13H15FN2/c1-10-2-3-12(11(14)8-10)16-9-13(4-5-13)6-7-15/h2-3,8,16H,4-6,9H2,1H3. The Balaban J connectivity index is 1.98. The second kappa shape index (κ2) is 4.13. The van der Waals surface area contributed by atoms with Gasteiger partial charge in [0.25, 0.3) is 0 Å². The van der Waals surface area contributed by atoms with E-state index in [0.717, 1.165) is 18.4 Å². The molecule has 84 valence electrons. The molecule has 0 heterocycles. The van der Waals surface area contributed by atoms with Crippen molar-refractivity contribution in [3.63, 3.8) is 0 Å². The van der Waals surface area contributed by atoms with Gasteiger partial charge in [-0.15, -0.1) is 0 Å². The second-order valence-corrected chi connectivity index (χ2v) is 4.67. The van der Waals surface area contributed by atoms with E-state index in [1.54, 1.807) is 6.07 Å². The zero-order chi connectivity index (χ0) is 11.6. The van der Waals surface area contributed by atoms with Gasteiger partial charge in [-0.2, -0.15) is 5.26 Å². The lowest BCUT2D eigenvalue weighted by atomic mass is 10.0. The number of halogens is 1. The van der Waals surface area contributed by atoms with Crippen LogP contribution < -0.4 is 5.32 Å². The number of hydrogen-bond acceptors (Lipinski definition) is 2. The fourth-order valence-corrected chi connectivity index (χ4v) is 1.81. The van der Waals surface area contributed by atoms with E-state index in [2.05, 4.69) is 11.4 Å². The summed E-state index contributed by atoms with van der Waals surface area (Å²) in [4.78, 5) is 0. The van der Waals surface area contributed by atoms with Crippen LogP contribution >= 0.6 is 0 Å². The van der Waals surface area contributed by atoms with Crippen LogP contribution in [0.3, 0.4) is 0 Å². The molecular formula is C13H15FN2. The molecule has 1 saturated carbocycles. The van der Waals surface area contributed by atoms with E-state index in [4.69, 9.17) is 5.26 Å². The van der Waals surface area contributed by atoms with Crippen molar-refractivity contribution in [3.8, 4) is 6.07 Å². The Labute approximate surface area is 95.1 Å². The van der Waals surface area contributed by atoms with Gasteiger partial charge in [0.1, 0.15) is 5.82 Å². The van der Waals surface area contributed by atoms with Crippen LogP contribution in [0.4, 0.5) is 10.1 Å². The summed E-state index contributed by atoms with van der Waals surface area (Å²) >= 11 is 0. The van der Waals surface area contributed by atoms with Crippen LogP contribution in [0.15, 0.2) is 18.2 Å². The topological polar surface area (TPSA) is 35.8 Å². The van der Waals surface area contributed by atoms with Gasteiger partial charge in [-0.1, -0.05) is 6.07 Å². The predicted molar refractivity (Wildman–Crippen MR) is 61.5 cm³/mol. The molecule has 2 nitrogen and oxygen atoms in total. The Hall–Kier alpha value is -1.56. The molecule has 1 aromatic carbocycles. The quantitative estimate of drug-likeness (QED) is 0.842. The van der Waals surface area contributed by atoms with Crippen LogP contribution in [0, 0.1) is 29.5 Å². The van der Waals surface area contributed by atoms with Crippen LogP contribution in [0.5, 0.6) is 0 Å². The molecule has 1 aliphatic carbocycles. The van der Waals surface area contributed by atoms with E-state index in [1.807, 2.05) is 13.0 Å². The summed E-state index contributed by atoms with van der Waals surface area (Å²) in [6.45, 7) is 2.56. The molecule has 0 aliphatic heterocycles. The van der Waals surface area contributed by atoms with E-state index in [9.17, 15) is 4.39 Å². The number of nitrogens with one attached hydrogen (secondary N) is 1. The van der Waals surface area contributed by atoms with Crippen molar-refractivity contribution in [1.29, 1.82) is 5.26 Å². The largest absolute Gasteiger partial charge is 0.382 e.